The molecule has 0 radical (unpaired) electrons. The first kappa shape index (κ1) is 44.7. The van der Waals surface area contributed by atoms with E-state index in [4.69, 9.17) is 0 Å². The first-order valence-electron chi connectivity index (χ1n) is 25.2. The highest BCUT2D eigenvalue weighted by Gasteiger charge is 2.23. The van der Waals surface area contributed by atoms with E-state index in [9.17, 15) is 0 Å². The van der Waals surface area contributed by atoms with Crippen LogP contribution in [0.1, 0.15) is 0 Å². The van der Waals surface area contributed by atoms with E-state index in [1.54, 1.807) is 0 Å². The Labute approximate surface area is 429 Å². The summed E-state index contributed by atoms with van der Waals surface area (Å²) in [6.45, 7) is 0. The summed E-state index contributed by atoms with van der Waals surface area (Å²) in [7, 11) is 0. The molecule has 0 bridgehead atoms. The topological polar surface area (TPSA) is 9.72 Å². The van der Waals surface area contributed by atoms with Gasteiger partial charge in [0.1, 0.15) is 0 Å². The summed E-state index contributed by atoms with van der Waals surface area (Å²) in [5, 5.41) is 0. The summed E-state index contributed by atoms with van der Waals surface area (Å²) in [4.78, 5) is 6.98. The molecule has 73 heavy (non-hydrogen) atoms. The minimum Gasteiger partial charge on any atom is -0.311 e. The van der Waals surface area contributed by atoms with Gasteiger partial charge in [-0.3, -0.25) is 0 Å². The summed E-state index contributed by atoms with van der Waals surface area (Å²) < 4.78 is 0. The molecule has 0 amide bonds. The van der Waals surface area contributed by atoms with Crippen LogP contribution in [0.3, 0.4) is 0 Å². The van der Waals surface area contributed by atoms with E-state index in [0.717, 1.165) is 45.5 Å². The van der Waals surface area contributed by atoms with Gasteiger partial charge in [-0.1, -0.05) is 206 Å². The molecule has 3 heteroatoms. The molecule has 0 heterocycles. The zero-order valence-electron chi connectivity index (χ0n) is 40.4. The number of para-hydroxylation sites is 4. The predicted molar refractivity (Wildman–Crippen MR) is 309 cm³/mol. The van der Waals surface area contributed by atoms with Crippen LogP contribution in [0.5, 0.6) is 0 Å². The summed E-state index contributed by atoms with van der Waals surface area (Å²) in [5.74, 6) is 0.688. The second-order valence-corrected chi connectivity index (χ2v) is 18.6. The van der Waals surface area contributed by atoms with Crippen molar-refractivity contribution in [1.82, 2.24) is 0 Å². The first-order chi connectivity index (χ1) is 36.2. The summed E-state index contributed by atoms with van der Waals surface area (Å²) in [6, 6.07) is 95.8. The van der Waals surface area contributed by atoms with Gasteiger partial charge >= 0.3 is 0 Å². The largest absolute Gasteiger partial charge is 0.311 e. The van der Waals surface area contributed by atoms with Crippen molar-refractivity contribution in [2.75, 3.05) is 14.7 Å². The van der Waals surface area contributed by atoms with Crippen LogP contribution in [0, 0.1) is 11.8 Å². The Morgan fingerprint density at radius 1 is 0.205 bits per heavy atom. The molecule has 0 aliphatic heterocycles. The fourth-order valence-corrected chi connectivity index (χ4v) is 10.2. The number of hydrogen-bond acceptors (Lipinski definition) is 3. The number of hydrogen-bond donors (Lipinski definition) is 0. The van der Waals surface area contributed by atoms with E-state index in [1.165, 1.54) is 50.2 Å². The maximum absolute atomic E-state index is 2.41. The summed E-state index contributed by atoms with van der Waals surface area (Å²) >= 11 is 0. The van der Waals surface area contributed by atoms with E-state index in [1.807, 2.05) is 0 Å². The van der Waals surface area contributed by atoms with Crippen molar-refractivity contribution in [2.24, 2.45) is 11.8 Å². The molecule has 2 aliphatic rings. The standard InChI is InChI=1S/C70H53N3/c1-5-17-62(18-6-1)71(63-19-7-2-8-20-63)66-42-33-57(34-43-66)53-25-29-55(30-26-53)59-37-46-68(47-38-59)73(70-50-41-52-15-13-14-16-61(52)51-70)69-48-39-60(40-49-69)56-31-27-54(28-32-56)58-35-44-67(45-36-58)72(64-21-9-3-10-22-64)65-23-11-4-12-24-65/h1-52,61H. The average Bonchev–Trinajstić information content (AvgIpc) is 3.47. The third-order valence-electron chi connectivity index (χ3n) is 14.0. The molecule has 348 valence electrons. The Morgan fingerprint density at radius 2 is 0.438 bits per heavy atom. The van der Waals surface area contributed by atoms with Crippen molar-refractivity contribution >= 4 is 45.5 Å². The quantitative estimate of drug-likeness (QED) is 0.114. The SMILES string of the molecule is C1=CC2C=CC(N(c3ccc(-c4ccc(-c5ccc(N(c6ccccc6)c6ccccc6)cc5)cc4)cc3)c3ccc(-c4ccc(-c5ccc(N(c6ccccc6)c6ccccc6)cc5)cc4)cc3)=CC2C=C1. The van der Waals surface area contributed by atoms with E-state index in [2.05, 4.69) is 324 Å². The molecule has 0 saturated heterocycles. The molecule has 2 atom stereocenters. The van der Waals surface area contributed by atoms with Crippen molar-refractivity contribution in [2.45, 2.75) is 0 Å². The predicted octanol–water partition coefficient (Wildman–Crippen LogP) is 19.2. The lowest BCUT2D eigenvalue weighted by Gasteiger charge is -2.31. The monoisotopic (exact) mass is 935 g/mol. The van der Waals surface area contributed by atoms with Crippen LogP contribution in [0.15, 0.2) is 315 Å². The van der Waals surface area contributed by atoms with Crippen LogP contribution in [-0.2, 0) is 0 Å². The molecule has 0 saturated carbocycles. The Kier molecular flexibility index (Phi) is 12.6. The van der Waals surface area contributed by atoms with Crippen molar-refractivity contribution < 1.29 is 0 Å². The molecule has 2 aliphatic carbocycles. The molecule has 0 fully saturated rings. The van der Waals surface area contributed by atoms with Crippen LogP contribution in [-0.4, -0.2) is 0 Å². The summed E-state index contributed by atoms with van der Waals surface area (Å²) in [6.07, 6.45) is 16.0. The molecule has 0 N–H and O–H groups in total. The normalized spacial score (nSPS) is 14.5. The van der Waals surface area contributed by atoms with Crippen LogP contribution >= 0.6 is 0 Å². The van der Waals surface area contributed by atoms with Gasteiger partial charge in [0.15, 0.2) is 0 Å². The number of nitrogens with zero attached hydrogens (tertiary/aromatic N) is 3. The van der Waals surface area contributed by atoms with Gasteiger partial charge < -0.3 is 14.7 Å². The van der Waals surface area contributed by atoms with Crippen molar-refractivity contribution in [1.29, 1.82) is 0 Å². The zero-order chi connectivity index (χ0) is 48.8. The number of fused-ring (bicyclic) bond motifs is 1. The van der Waals surface area contributed by atoms with Crippen LogP contribution in [0.25, 0.3) is 44.5 Å². The van der Waals surface area contributed by atoms with E-state index >= 15 is 0 Å². The zero-order valence-corrected chi connectivity index (χ0v) is 40.4. The second-order valence-electron chi connectivity index (χ2n) is 18.6. The number of anilines is 8. The van der Waals surface area contributed by atoms with Crippen LogP contribution in [0.4, 0.5) is 45.5 Å². The Balaban J connectivity index is 0.771. The molecular formula is C70H53N3. The molecule has 0 aromatic heterocycles. The average molecular weight is 936 g/mol. The molecule has 0 spiro atoms. The highest BCUT2D eigenvalue weighted by molar-refractivity contribution is 5.82. The van der Waals surface area contributed by atoms with Crippen molar-refractivity contribution in [3.63, 3.8) is 0 Å². The van der Waals surface area contributed by atoms with E-state index in [-0.39, 0.29) is 0 Å². The second kappa shape index (κ2) is 20.5. The van der Waals surface area contributed by atoms with Crippen LogP contribution < -0.4 is 14.7 Å². The molecule has 12 rings (SSSR count). The van der Waals surface area contributed by atoms with Crippen molar-refractivity contribution in [3.05, 3.63) is 315 Å². The lowest BCUT2D eigenvalue weighted by molar-refractivity contribution is 0.652. The maximum atomic E-state index is 2.41. The minimum atomic E-state index is 0.314. The lowest BCUT2D eigenvalue weighted by atomic mass is 9.84. The fraction of sp³-hybridized carbons (Fsp3) is 0.0286. The molecule has 2 unspecified atom stereocenters. The Hall–Kier alpha value is -9.44. The molecule has 10 aromatic carbocycles. The van der Waals surface area contributed by atoms with Crippen molar-refractivity contribution in [3.8, 4) is 44.5 Å². The van der Waals surface area contributed by atoms with Gasteiger partial charge in [0.2, 0.25) is 0 Å². The molecule has 10 aromatic rings. The van der Waals surface area contributed by atoms with Gasteiger partial charge in [0.05, 0.1) is 0 Å². The molecular weight excluding hydrogens is 883 g/mol. The van der Waals surface area contributed by atoms with E-state index < -0.39 is 0 Å². The number of allylic oxidation sites excluding steroid dienone is 7. The third-order valence-corrected chi connectivity index (χ3v) is 14.0. The minimum absolute atomic E-state index is 0.314. The Morgan fingerprint density at radius 3 is 0.726 bits per heavy atom. The van der Waals surface area contributed by atoms with Crippen LogP contribution in [0.2, 0.25) is 0 Å². The highest BCUT2D eigenvalue weighted by atomic mass is 15.2. The number of benzene rings is 10. The summed E-state index contributed by atoms with van der Waals surface area (Å²) in [5.41, 5.74) is 19.6. The first-order valence-corrected chi connectivity index (χ1v) is 25.2. The van der Waals surface area contributed by atoms with Gasteiger partial charge in [-0.2, -0.15) is 0 Å². The smallest absolute Gasteiger partial charge is 0.0462 e. The van der Waals surface area contributed by atoms with Gasteiger partial charge in [-0.25, -0.2) is 0 Å². The Bertz CT molecular complexity index is 3250. The third kappa shape index (κ3) is 9.60. The maximum Gasteiger partial charge on any atom is 0.0462 e. The fourth-order valence-electron chi connectivity index (χ4n) is 10.2. The van der Waals surface area contributed by atoms with Gasteiger partial charge in [0, 0.05) is 63.0 Å². The number of rotatable bonds is 13. The van der Waals surface area contributed by atoms with Gasteiger partial charge in [-0.15, -0.1) is 0 Å². The lowest BCUT2D eigenvalue weighted by Crippen LogP contribution is -2.21. The van der Waals surface area contributed by atoms with Gasteiger partial charge in [0.25, 0.3) is 0 Å². The van der Waals surface area contributed by atoms with E-state index in [0.29, 0.717) is 11.8 Å². The molecule has 3 nitrogen and oxygen atoms in total. The highest BCUT2D eigenvalue weighted by Crippen LogP contribution is 2.40. The van der Waals surface area contributed by atoms with Gasteiger partial charge in [-0.05, 0) is 148 Å².